The van der Waals surface area contributed by atoms with E-state index in [1.807, 2.05) is 48.7 Å². The van der Waals surface area contributed by atoms with E-state index < -0.39 is 0 Å². The summed E-state index contributed by atoms with van der Waals surface area (Å²) in [4.78, 5) is 15.1. The number of hydrogen-bond acceptors (Lipinski definition) is 5. The second kappa shape index (κ2) is 7.06. The van der Waals surface area contributed by atoms with Crippen molar-refractivity contribution in [2.45, 2.75) is 12.1 Å². The molecular weight excluding hydrogens is 280 g/mol. The second-order valence-corrected chi connectivity index (χ2v) is 5.01. The summed E-state index contributed by atoms with van der Waals surface area (Å²) in [7, 11) is 0. The van der Waals surface area contributed by atoms with Gasteiger partial charge in [0.25, 0.3) is 0 Å². The predicted octanol–water partition coefficient (Wildman–Crippen LogP) is 3.62. The normalized spacial score (nSPS) is 21.8. The Hall–Kier alpha value is -2.37. The molecule has 0 amide bonds. The van der Waals surface area contributed by atoms with Gasteiger partial charge in [-0.1, -0.05) is 42.5 Å². The molecule has 0 aliphatic carbocycles. The summed E-state index contributed by atoms with van der Waals surface area (Å²) in [6, 6.07) is 16.8. The number of rotatable bonds is 4. The fourth-order valence-electron chi connectivity index (χ4n) is 2.37. The highest BCUT2D eigenvalue weighted by molar-refractivity contribution is 5.79. The molecular formula is C17H16N2O3. The molecule has 0 N–H and O–H groups in total. The highest BCUT2D eigenvalue weighted by atomic mass is 16.7. The Morgan fingerprint density at radius 2 is 1.82 bits per heavy atom. The van der Waals surface area contributed by atoms with Crippen LogP contribution in [0.15, 0.2) is 64.8 Å². The molecule has 3 rings (SSSR count). The zero-order valence-corrected chi connectivity index (χ0v) is 12.0. The monoisotopic (exact) mass is 296 g/mol. The molecule has 0 radical (unpaired) electrons. The lowest BCUT2D eigenvalue weighted by Gasteiger charge is -2.29. The number of nitrogens with zero attached hydrogens (tertiary/aromatic N) is 2. The third-order valence-corrected chi connectivity index (χ3v) is 3.51. The molecule has 1 fully saturated rings. The van der Waals surface area contributed by atoms with E-state index in [0.717, 1.165) is 11.1 Å². The van der Waals surface area contributed by atoms with Gasteiger partial charge in [0.2, 0.25) is 0 Å². The van der Waals surface area contributed by atoms with Crippen molar-refractivity contribution in [2.75, 3.05) is 13.4 Å². The first-order chi connectivity index (χ1) is 10.9. The lowest BCUT2D eigenvalue weighted by Crippen LogP contribution is -2.31. The van der Waals surface area contributed by atoms with Crippen molar-refractivity contribution in [1.29, 1.82) is 0 Å². The molecule has 2 aromatic carbocycles. The van der Waals surface area contributed by atoms with Gasteiger partial charge in [-0.25, -0.2) is 0 Å². The fraction of sp³-hybridized carbons (Fsp3) is 0.235. The molecule has 112 valence electrons. The van der Waals surface area contributed by atoms with Crippen molar-refractivity contribution >= 4 is 11.9 Å². The first-order valence-electron chi connectivity index (χ1n) is 7.08. The van der Waals surface area contributed by atoms with Crippen LogP contribution in [0.2, 0.25) is 0 Å². The van der Waals surface area contributed by atoms with E-state index in [9.17, 15) is 4.91 Å². The molecule has 0 bridgehead atoms. The molecule has 2 aromatic rings. The van der Waals surface area contributed by atoms with Gasteiger partial charge < -0.3 is 9.47 Å². The van der Waals surface area contributed by atoms with Crippen LogP contribution in [0, 0.1) is 4.91 Å². The molecule has 5 heteroatoms. The fourth-order valence-corrected chi connectivity index (χ4v) is 2.37. The summed E-state index contributed by atoms with van der Waals surface area (Å²) in [6.45, 7) is 0.747. The molecule has 2 atom stereocenters. The van der Waals surface area contributed by atoms with E-state index >= 15 is 0 Å². The first-order valence-corrected chi connectivity index (χ1v) is 7.08. The molecule has 2 unspecified atom stereocenters. The number of nitroso groups, excluding NO2 is 1. The van der Waals surface area contributed by atoms with E-state index in [1.165, 1.54) is 0 Å². The van der Waals surface area contributed by atoms with Crippen molar-refractivity contribution in [2.24, 2.45) is 10.2 Å². The van der Waals surface area contributed by atoms with Crippen molar-refractivity contribution in [1.82, 2.24) is 0 Å². The minimum absolute atomic E-state index is 0.121. The van der Waals surface area contributed by atoms with Crippen molar-refractivity contribution < 1.29 is 9.47 Å². The Kier molecular flexibility index (Phi) is 4.68. The Morgan fingerprint density at radius 3 is 2.55 bits per heavy atom. The highest BCUT2D eigenvalue weighted by Crippen LogP contribution is 2.28. The number of benzene rings is 2. The molecule has 22 heavy (non-hydrogen) atoms. The van der Waals surface area contributed by atoms with Gasteiger partial charge in [-0.05, 0) is 28.4 Å². The zero-order chi connectivity index (χ0) is 15.2. The standard InChI is InChI=1S/C17H16N2O3/c20-19-15-8-6-14(7-9-15)17-16(11-21-12-22-17)18-10-13-4-2-1-3-5-13/h1-10,16-17H,11-12H2. The maximum Gasteiger partial charge on any atom is 0.147 e. The lowest BCUT2D eigenvalue weighted by atomic mass is 10.0. The molecule has 1 saturated heterocycles. The van der Waals surface area contributed by atoms with E-state index in [-0.39, 0.29) is 18.9 Å². The van der Waals surface area contributed by atoms with Crippen LogP contribution in [-0.4, -0.2) is 25.7 Å². The lowest BCUT2D eigenvalue weighted by molar-refractivity contribution is -0.150. The molecule has 0 spiro atoms. The third-order valence-electron chi connectivity index (χ3n) is 3.51. The van der Waals surface area contributed by atoms with Crippen LogP contribution in [-0.2, 0) is 9.47 Å². The van der Waals surface area contributed by atoms with E-state index in [2.05, 4.69) is 10.2 Å². The van der Waals surface area contributed by atoms with Gasteiger partial charge in [-0.3, -0.25) is 4.99 Å². The van der Waals surface area contributed by atoms with Crippen LogP contribution in [0.4, 0.5) is 5.69 Å². The molecule has 1 heterocycles. The van der Waals surface area contributed by atoms with E-state index in [0.29, 0.717) is 12.3 Å². The minimum atomic E-state index is -0.186. The quantitative estimate of drug-likeness (QED) is 0.639. The van der Waals surface area contributed by atoms with Crippen molar-refractivity contribution in [3.63, 3.8) is 0 Å². The van der Waals surface area contributed by atoms with Crippen LogP contribution in [0.1, 0.15) is 17.2 Å². The van der Waals surface area contributed by atoms with Crippen molar-refractivity contribution in [3.8, 4) is 0 Å². The van der Waals surface area contributed by atoms with Gasteiger partial charge in [0, 0.05) is 6.21 Å². The predicted molar refractivity (Wildman–Crippen MR) is 84.4 cm³/mol. The van der Waals surface area contributed by atoms with Gasteiger partial charge in [-0.2, -0.15) is 0 Å². The smallest absolute Gasteiger partial charge is 0.147 e. The number of ether oxygens (including phenoxy) is 2. The third kappa shape index (κ3) is 3.44. The summed E-state index contributed by atoms with van der Waals surface area (Å²) in [6.07, 6.45) is 1.64. The first kappa shape index (κ1) is 14.6. The van der Waals surface area contributed by atoms with Crippen LogP contribution in [0.25, 0.3) is 0 Å². The van der Waals surface area contributed by atoms with E-state index in [1.54, 1.807) is 12.1 Å². The van der Waals surface area contributed by atoms with Crippen LogP contribution >= 0.6 is 0 Å². The summed E-state index contributed by atoms with van der Waals surface area (Å²) in [5, 5.41) is 2.91. The van der Waals surface area contributed by atoms with Gasteiger partial charge >= 0.3 is 0 Å². The van der Waals surface area contributed by atoms with Gasteiger partial charge in [0.1, 0.15) is 24.6 Å². The highest BCUT2D eigenvalue weighted by Gasteiger charge is 2.27. The summed E-state index contributed by atoms with van der Waals surface area (Å²) in [5.74, 6) is 0. The summed E-state index contributed by atoms with van der Waals surface area (Å²) >= 11 is 0. The zero-order valence-electron chi connectivity index (χ0n) is 12.0. The SMILES string of the molecule is O=Nc1ccc(C2OCOCC2N=Cc2ccccc2)cc1. The average Bonchev–Trinajstić information content (AvgIpc) is 2.61. The van der Waals surface area contributed by atoms with Gasteiger partial charge in [-0.15, -0.1) is 4.91 Å². The Bertz CT molecular complexity index is 641. The molecule has 1 aliphatic rings. The van der Waals surface area contributed by atoms with Crippen LogP contribution in [0.5, 0.6) is 0 Å². The molecule has 0 saturated carbocycles. The molecule has 0 aromatic heterocycles. The van der Waals surface area contributed by atoms with Crippen LogP contribution < -0.4 is 0 Å². The summed E-state index contributed by atoms with van der Waals surface area (Å²) < 4.78 is 11.1. The van der Waals surface area contributed by atoms with Crippen molar-refractivity contribution in [3.05, 3.63) is 70.6 Å². The van der Waals surface area contributed by atoms with Gasteiger partial charge in [0.15, 0.2) is 0 Å². The van der Waals surface area contributed by atoms with E-state index in [4.69, 9.17) is 9.47 Å². The largest absolute Gasteiger partial charge is 0.353 e. The summed E-state index contributed by atoms with van der Waals surface area (Å²) in [5.41, 5.74) is 2.40. The Morgan fingerprint density at radius 1 is 1.05 bits per heavy atom. The topological polar surface area (TPSA) is 60.2 Å². The Labute approximate surface area is 128 Å². The Balaban J connectivity index is 1.78. The maximum absolute atomic E-state index is 10.5. The molecule has 1 aliphatic heterocycles. The molecule has 5 nitrogen and oxygen atoms in total. The minimum Gasteiger partial charge on any atom is -0.353 e. The maximum atomic E-state index is 10.5. The second-order valence-electron chi connectivity index (χ2n) is 5.01. The van der Waals surface area contributed by atoms with Crippen LogP contribution in [0.3, 0.4) is 0 Å². The van der Waals surface area contributed by atoms with Gasteiger partial charge in [0.05, 0.1) is 6.61 Å². The number of hydrogen-bond donors (Lipinski definition) is 0. The average molecular weight is 296 g/mol. The number of aliphatic imine (C=N–C) groups is 1.